The Labute approximate surface area is 99.7 Å². The first-order valence-corrected chi connectivity index (χ1v) is 6.39. The average Bonchev–Trinajstić information content (AvgIpc) is 2.61. The van der Waals surface area contributed by atoms with Crippen molar-refractivity contribution in [1.29, 1.82) is 0 Å². The smallest absolute Gasteiger partial charge is 0.0941 e. The number of aliphatic hydroxyl groups excluding tert-OH is 1. The predicted molar refractivity (Wildman–Crippen MR) is 64.6 cm³/mol. The standard InChI is InChI=1S/C10H17ClN2OS/c1-8(14)6-13(2)4-3-10-12-9(5-11)7-15-10/h7-8,14H,3-6H2,1-2H3. The largest absolute Gasteiger partial charge is 0.392 e. The van der Waals surface area contributed by atoms with E-state index >= 15 is 0 Å². The van der Waals surface area contributed by atoms with Gasteiger partial charge in [0.15, 0.2) is 0 Å². The van der Waals surface area contributed by atoms with E-state index in [4.69, 9.17) is 11.6 Å². The van der Waals surface area contributed by atoms with Crippen molar-refractivity contribution in [2.45, 2.75) is 25.3 Å². The molecule has 1 N–H and O–H groups in total. The molecule has 1 rings (SSSR count). The van der Waals surface area contributed by atoms with Crippen LogP contribution in [0.15, 0.2) is 5.38 Å². The molecule has 3 nitrogen and oxygen atoms in total. The molecular weight excluding hydrogens is 232 g/mol. The maximum Gasteiger partial charge on any atom is 0.0941 e. The molecule has 0 aliphatic heterocycles. The maximum atomic E-state index is 9.19. The Morgan fingerprint density at radius 2 is 2.40 bits per heavy atom. The van der Waals surface area contributed by atoms with Gasteiger partial charge in [-0.2, -0.15) is 0 Å². The molecular formula is C10H17ClN2OS. The van der Waals surface area contributed by atoms with E-state index in [0.717, 1.165) is 23.7 Å². The van der Waals surface area contributed by atoms with Crippen molar-refractivity contribution < 1.29 is 5.11 Å². The summed E-state index contributed by atoms with van der Waals surface area (Å²) in [6.45, 7) is 3.42. The zero-order valence-electron chi connectivity index (χ0n) is 9.11. The Kier molecular flexibility index (Phi) is 5.53. The van der Waals surface area contributed by atoms with Crippen LogP contribution in [0.25, 0.3) is 0 Å². The lowest BCUT2D eigenvalue weighted by molar-refractivity contribution is 0.142. The van der Waals surface area contributed by atoms with Gasteiger partial charge in [-0.1, -0.05) is 0 Å². The quantitative estimate of drug-likeness (QED) is 0.780. The zero-order chi connectivity index (χ0) is 11.3. The van der Waals surface area contributed by atoms with Crippen molar-refractivity contribution in [2.75, 3.05) is 20.1 Å². The number of aliphatic hydroxyl groups is 1. The first kappa shape index (κ1) is 12.9. The molecule has 1 heterocycles. The van der Waals surface area contributed by atoms with Crippen molar-refractivity contribution in [2.24, 2.45) is 0 Å². The van der Waals surface area contributed by atoms with Gasteiger partial charge >= 0.3 is 0 Å². The molecule has 5 heteroatoms. The minimum Gasteiger partial charge on any atom is -0.392 e. The topological polar surface area (TPSA) is 36.4 Å². The van der Waals surface area contributed by atoms with Gasteiger partial charge in [-0.05, 0) is 14.0 Å². The maximum absolute atomic E-state index is 9.19. The van der Waals surface area contributed by atoms with E-state index in [9.17, 15) is 5.11 Å². The van der Waals surface area contributed by atoms with E-state index in [-0.39, 0.29) is 6.10 Å². The van der Waals surface area contributed by atoms with Gasteiger partial charge in [0.1, 0.15) is 0 Å². The van der Waals surface area contributed by atoms with E-state index < -0.39 is 0 Å². The van der Waals surface area contributed by atoms with Crippen LogP contribution in [0.3, 0.4) is 0 Å². The Morgan fingerprint density at radius 1 is 1.67 bits per heavy atom. The summed E-state index contributed by atoms with van der Waals surface area (Å²) in [5.74, 6) is 0.486. The Hall–Kier alpha value is -0.160. The number of thiazole rings is 1. The highest BCUT2D eigenvalue weighted by molar-refractivity contribution is 7.09. The number of likely N-dealkylation sites (N-methyl/N-ethyl adjacent to an activating group) is 1. The molecule has 1 aromatic heterocycles. The fraction of sp³-hybridized carbons (Fsp3) is 0.700. The van der Waals surface area contributed by atoms with E-state index in [1.807, 2.05) is 12.4 Å². The second kappa shape index (κ2) is 6.43. The van der Waals surface area contributed by atoms with Crippen molar-refractivity contribution in [3.05, 3.63) is 16.1 Å². The molecule has 0 saturated carbocycles. The number of halogens is 1. The summed E-state index contributed by atoms with van der Waals surface area (Å²) in [6.07, 6.45) is 0.648. The second-order valence-electron chi connectivity index (χ2n) is 3.73. The van der Waals surface area contributed by atoms with Gasteiger partial charge in [0.2, 0.25) is 0 Å². The van der Waals surface area contributed by atoms with Gasteiger partial charge in [0, 0.05) is 24.9 Å². The number of nitrogens with zero attached hydrogens (tertiary/aromatic N) is 2. The highest BCUT2D eigenvalue weighted by Crippen LogP contribution is 2.12. The number of alkyl halides is 1. The number of aromatic nitrogens is 1. The first-order chi connectivity index (χ1) is 7.11. The average molecular weight is 249 g/mol. The van der Waals surface area contributed by atoms with Crippen LogP contribution in [0.1, 0.15) is 17.6 Å². The molecule has 0 radical (unpaired) electrons. The molecule has 0 aliphatic carbocycles. The number of hydrogen-bond acceptors (Lipinski definition) is 4. The summed E-state index contributed by atoms with van der Waals surface area (Å²) in [4.78, 5) is 6.48. The van der Waals surface area contributed by atoms with Crippen LogP contribution in [0.2, 0.25) is 0 Å². The molecule has 0 amide bonds. The SMILES string of the molecule is CC(O)CN(C)CCc1nc(CCl)cs1. The van der Waals surface area contributed by atoms with Crippen LogP contribution in [0, 0.1) is 0 Å². The fourth-order valence-corrected chi connectivity index (χ4v) is 2.37. The molecule has 86 valence electrons. The Morgan fingerprint density at radius 3 is 2.93 bits per heavy atom. The molecule has 0 aliphatic rings. The summed E-state index contributed by atoms with van der Waals surface area (Å²) in [5, 5.41) is 12.3. The molecule has 1 atom stereocenters. The molecule has 0 spiro atoms. The van der Waals surface area contributed by atoms with Crippen molar-refractivity contribution in [3.8, 4) is 0 Å². The molecule has 1 unspecified atom stereocenters. The highest BCUT2D eigenvalue weighted by atomic mass is 35.5. The van der Waals surface area contributed by atoms with Crippen molar-refractivity contribution in [3.63, 3.8) is 0 Å². The van der Waals surface area contributed by atoms with Crippen LogP contribution in [-0.4, -0.2) is 41.2 Å². The summed E-state index contributed by atoms with van der Waals surface area (Å²) in [5.41, 5.74) is 0.954. The van der Waals surface area contributed by atoms with Crippen molar-refractivity contribution >= 4 is 22.9 Å². The van der Waals surface area contributed by atoms with E-state index in [1.165, 1.54) is 0 Å². The summed E-state index contributed by atoms with van der Waals surface area (Å²) in [7, 11) is 2.00. The minimum absolute atomic E-state index is 0.273. The van der Waals surface area contributed by atoms with Gasteiger partial charge in [-0.15, -0.1) is 22.9 Å². The van der Waals surface area contributed by atoms with Crippen LogP contribution in [0.4, 0.5) is 0 Å². The van der Waals surface area contributed by atoms with Gasteiger partial charge in [0.25, 0.3) is 0 Å². The van der Waals surface area contributed by atoms with Crippen LogP contribution < -0.4 is 0 Å². The second-order valence-corrected chi connectivity index (χ2v) is 4.94. The van der Waals surface area contributed by atoms with Crippen LogP contribution >= 0.6 is 22.9 Å². The zero-order valence-corrected chi connectivity index (χ0v) is 10.7. The third kappa shape index (κ3) is 4.93. The summed E-state index contributed by atoms with van der Waals surface area (Å²) in [6, 6.07) is 0. The van der Waals surface area contributed by atoms with Gasteiger partial charge < -0.3 is 10.0 Å². The lowest BCUT2D eigenvalue weighted by atomic mass is 10.3. The normalized spacial score (nSPS) is 13.4. The van der Waals surface area contributed by atoms with E-state index in [0.29, 0.717) is 12.4 Å². The lowest BCUT2D eigenvalue weighted by Gasteiger charge is -2.17. The molecule has 15 heavy (non-hydrogen) atoms. The predicted octanol–water partition coefficient (Wildman–Crippen LogP) is 1.74. The molecule has 0 fully saturated rings. The molecule has 0 saturated heterocycles. The number of rotatable bonds is 6. The van der Waals surface area contributed by atoms with E-state index in [2.05, 4.69) is 9.88 Å². The summed E-state index contributed by atoms with van der Waals surface area (Å²) >= 11 is 7.32. The fourth-order valence-electron chi connectivity index (χ4n) is 1.35. The third-order valence-corrected chi connectivity index (χ3v) is 3.25. The monoisotopic (exact) mass is 248 g/mol. The molecule has 1 aromatic rings. The van der Waals surface area contributed by atoms with Crippen LogP contribution in [-0.2, 0) is 12.3 Å². The van der Waals surface area contributed by atoms with Gasteiger partial charge in [0.05, 0.1) is 22.7 Å². The van der Waals surface area contributed by atoms with E-state index in [1.54, 1.807) is 18.3 Å². The lowest BCUT2D eigenvalue weighted by Crippen LogP contribution is -2.29. The van der Waals surface area contributed by atoms with Gasteiger partial charge in [-0.25, -0.2) is 4.98 Å². The Balaban J connectivity index is 2.30. The minimum atomic E-state index is -0.273. The van der Waals surface area contributed by atoms with Crippen molar-refractivity contribution in [1.82, 2.24) is 9.88 Å². The highest BCUT2D eigenvalue weighted by Gasteiger charge is 2.05. The van der Waals surface area contributed by atoms with Crippen LogP contribution in [0.5, 0.6) is 0 Å². The first-order valence-electron chi connectivity index (χ1n) is 4.97. The summed E-state index contributed by atoms with van der Waals surface area (Å²) < 4.78 is 0. The third-order valence-electron chi connectivity index (χ3n) is 2.02. The van der Waals surface area contributed by atoms with Gasteiger partial charge in [-0.3, -0.25) is 0 Å². The molecule has 0 bridgehead atoms. The number of hydrogen-bond donors (Lipinski definition) is 1. The molecule has 0 aromatic carbocycles. The Bertz CT molecular complexity index is 291.